The predicted molar refractivity (Wildman–Crippen MR) is 93.4 cm³/mol. The number of likely N-dealkylation sites (tertiary alicyclic amines) is 1. The number of amides is 1. The van der Waals surface area contributed by atoms with E-state index in [1.54, 1.807) is 23.7 Å². The molecule has 0 saturated carbocycles. The molecule has 3 aromatic rings. The number of rotatable bonds is 3. The molecule has 124 valence electrons. The monoisotopic (exact) mass is 342 g/mol. The van der Waals surface area contributed by atoms with Crippen molar-refractivity contribution < 1.29 is 9.21 Å². The number of aromatic nitrogens is 2. The van der Waals surface area contributed by atoms with Gasteiger partial charge in [0.2, 0.25) is 0 Å². The van der Waals surface area contributed by atoms with E-state index in [9.17, 15) is 4.79 Å². The average molecular weight is 342 g/mol. The highest BCUT2D eigenvalue weighted by Crippen LogP contribution is 2.28. The molecule has 6 nitrogen and oxygen atoms in total. The summed E-state index contributed by atoms with van der Waals surface area (Å²) in [4.78, 5) is 25.2. The molecule has 1 fully saturated rings. The molecule has 1 amide bonds. The highest BCUT2D eigenvalue weighted by Gasteiger charge is 2.24. The van der Waals surface area contributed by atoms with Crippen LogP contribution in [0.2, 0.25) is 0 Å². The van der Waals surface area contributed by atoms with Gasteiger partial charge >= 0.3 is 0 Å². The Bertz CT molecular complexity index is 851. The number of nitrogens with one attached hydrogen (secondary N) is 1. The van der Waals surface area contributed by atoms with Crippen LogP contribution in [0.4, 0.5) is 5.82 Å². The molecule has 0 aliphatic carbocycles. The van der Waals surface area contributed by atoms with E-state index >= 15 is 0 Å². The number of furan rings is 1. The van der Waals surface area contributed by atoms with E-state index in [4.69, 9.17) is 4.42 Å². The highest BCUT2D eigenvalue weighted by molar-refractivity contribution is 7.18. The Morgan fingerprint density at radius 3 is 2.96 bits per heavy atom. The van der Waals surface area contributed by atoms with Crippen molar-refractivity contribution in [1.29, 1.82) is 0 Å². The molecule has 4 heterocycles. The number of hydrogen-bond donors (Lipinski definition) is 1. The van der Waals surface area contributed by atoms with Crippen LogP contribution in [0.3, 0.4) is 0 Å². The second kappa shape index (κ2) is 6.24. The van der Waals surface area contributed by atoms with Gasteiger partial charge in [0, 0.05) is 24.0 Å². The molecule has 0 atom stereocenters. The number of thiophene rings is 1. The third-order valence-corrected chi connectivity index (χ3v) is 5.30. The van der Waals surface area contributed by atoms with E-state index in [2.05, 4.69) is 28.3 Å². The van der Waals surface area contributed by atoms with Gasteiger partial charge in [0.1, 0.15) is 23.2 Å². The maximum absolute atomic E-state index is 12.3. The van der Waals surface area contributed by atoms with Gasteiger partial charge in [-0.15, -0.1) is 11.3 Å². The van der Waals surface area contributed by atoms with Crippen molar-refractivity contribution in [2.24, 2.45) is 0 Å². The molecule has 0 bridgehead atoms. The van der Waals surface area contributed by atoms with Gasteiger partial charge in [-0.3, -0.25) is 4.79 Å². The zero-order chi connectivity index (χ0) is 16.5. The second-order valence-corrected chi connectivity index (χ2v) is 7.26. The summed E-state index contributed by atoms with van der Waals surface area (Å²) in [5.74, 6) is 0.934. The summed E-state index contributed by atoms with van der Waals surface area (Å²) < 4.78 is 5.00. The van der Waals surface area contributed by atoms with Gasteiger partial charge in [-0.2, -0.15) is 0 Å². The van der Waals surface area contributed by atoms with E-state index in [1.165, 1.54) is 17.4 Å². The number of nitrogens with zero attached hydrogens (tertiary/aromatic N) is 3. The van der Waals surface area contributed by atoms with Crippen molar-refractivity contribution in [1.82, 2.24) is 14.9 Å². The number of aryl methyl sites for hydroxylation is 1. The van der Waals surface area contributed by atoms with Gasteiger partial charge in [0.05, 0.1) is 17.2 Å². The lowest BCUT2D eigenvalue weighted by molar-refractivity contribution is 0.0717. The quantitative estimate of drug-likeness (QED) is 0.791. The first-order valence-electron chi connectivity index (χ1n) is 8.00. The number of piperidine rings is 1. The summed E-state index contributed by atoms with van der Waals surface area (Å²) >= 11 is 1.68. The van der Waals surface area contributed by atoms with Crippen molar-refractivity contribution in [2.45, 2.75) is 25.8 Å². The number of carbonyl (C=O) groups excluding carboxylic acids is 1. The van der Waals surface area contributed by atoms with Gasteiger partial charge in [-0.25, -0.2) is 9.97 Å². The fraction of sp³-hybridized carbons (Fsp3) is 0.353. The first kappa shape index (κ1) is 15.1. The first-order valence-corrected chi connectivity index (χ1v) is 8.81. The number of hydrogen-bond acceptors (Lipinski definition) is 6. The topological polar surface area (TPSA) is 71.3 Å². The van der Waals surface area contributed by atoms with E-state index in [1.807, 2.05) is 4.90 Å². The minimum atomic E-state index is 0.0417. The van der Waals surface area contributed by atoms with E-state index in [-0.39, 0.29) is 5.91 Å². The number of fused-ring (bicyclic) bond motifs is 1. The standard InChI is InChI=1S/C17H18N4O2S/c1-11-8-14-15(18-10-19-16(14)24-11)20-13-2-5-21(6-3-13)17(22)12-4-7-23-9-12/h4,7-10,13H,2-3,5-6H2,1H3,(H,18,19,20). The Kier molecular flexibility index (Phi) is 3.93. The van der Waals surface area contributed by atoms with Crippen molar-refractivity contribution in [2.75, 3.05) is 18.4 Å². The molecule has 0 unspecified atom stereocenters. The maximum atomic E-state index is 12.3. The number of anilines is 1. The molecule has 7 heteroatoms. The molecule has 0 aromatic carbocycles. The minimum Gasteiger partial charge on any atom is -0.472 e. The van der Waals surface area contributed by atoms with Gasteiger partial charge in [-0.1, -0.05) is 0 Å². The normalized spacial score (nSPS) is 15.8. The molecular weight excluding hydrogens is 324 g/mol. The van der Waals surface area contributed by atoms with Crippen LogP contribution in [0.1, 0.15) is 28.1 Å². The lowest BCUT2D eigenvalue weighted by Gasteiger charge is -2.32. The molecule has 0 radical (unpaired) electrons. The summed E-state index contributed by atoms with van der Waals surface area (Å²) in [7, 11) is 0. The van der Waals surface area contributed by atoms with Gasteiger partial charge in [0.25, 0.3) is 5.91 Å². The molecule has 1 aliphatic rings. The predicted octanol–water partition coefficient (Wildman–Crippen LogP) is 3.31. The smallest absolute Gasteiger partial charge is 0.257 e. The summed E-state index contributed by atoms with van der Waals surface area (Å²) in [5, 5.41) is 4.61. The minimum absolute atomic E-state index is 0.0417. The van der Waals surface area contributed by atoms with Crippen LogP contribution in [-0.2, 0) is 0 Å². The van der Waals surface area contributed by atoms with Crippen LogP contribution in [0.25, 0.3) is 10.2 Å². The third kappa shape index (κ3) is 2.87. The zero-order valence-corrected chi connectivity index (χ0v) is 14.2. The van der Waals surface area contributed by atoms with Crippen LogP contribution in [0.15, 0.2) is 35.4 Å². The second-order valence-electron chi connectivity index (χ2n) is 6.02. The van der Waals surface area contributed by atoms with Crippen LogP contribution in [0.5, 0.6) is 0 Å². The lowest BCUT2D eigenvalue weighted by Crippen LogP contribution is -2.42. The molecule has 3 aromatic heterocycles. The third-order valence-electron chi connectivity index (χ3n) is 4.34. The summed E-state index contributed by atoms with van der Waals surface area (Å²) in [6, 6.07) is 4.15. The Labute approximate surface area is 143 Å². The zero-order valence-electron chi connectivity index (χ0n) is 13.4. The summed E-state index contributed by atoms with van der Waals surface area (Å²) in [5.41, 5.74) is 0.618. The van der Waals surface area contributed by atoms with Crippen molar-refractivity contribution in [3.8, 4) is 0 Å². The summed E-state index contributed by atoms with van der Waals surface area (Å²) in [6.07, 6.45) is 6.45. The van der Waals surface area contributed by atoms with Crippen LogP contribution >= 0.6 is 11.3 Å². The molecule has 0 spiro atoms. The maximum Gasteiger partial charge on any atom is 0.257 e. The van der Waals surface area contributed by atoms with Crippen molar-refractivity contribution >= 4 is 33.3 Å². The van der Waals surface area contributed by atoms with Gasteiger partial charge in [0.15, 0.2) is 0 Å². The molecular formula is C17H18N4O2S. The largest absolute Gasteiger partial charge is 0.472 e. The average Bonchev–Trinajstić information content (AvgIpc) is 3.24. The summed E-state index contributed by atoms with van der Waals surface area (Å²) in [6.45, 7) is 3.55. The van der Waals surface area contributed by atoms with Crippen molar-refractivity contribution in [3.63, 3.8) is 0 Å². The van der Waals surface area contributed by atoms with Crippen LogP contribution in [-0.4, -0.2) is 39.9 Å². The molecule has 1 N–H and O–H groups in total. The van der Waals surface area contributed by atoms with E-state index < -0.39 is 0 Å². The lowest BCUT2D eigenvalue weighted by atomic mass is 10.0. The fourth-order valence-electron chi connectivity index (χ4n) is 3.08. The molecule has 1 aliphatic heterocycles. The Hall–Kier alpha value is -2.41. The Morgan fingerprint density at radius 2 is 2.21 bits per heavy atom. The molecule has 1 saturated heterocycles. The van der Waals surface area contributed by atoms with Crippen molar-refractivity contribution in [3.05, 3.63) is 41.4 Å². The van der Waals surface area contributed by atoms with Gasteiger partial charge in [-0.05, 0) is 31.9 Å². The van der Waals surface area contributed by atoms with Crippen LogP contribution in [0, 0.1) is 6.92 Å². The van der Waals surface area contributed by atoms with E-state index in [0.717, 1.165) is 42.0 Å². The van der Waals surface area contributed by atoms with Crippen LogP contribution < -0.4 is 5.32 Å². The molecule has 4 rings (SSSR count). The molecule has 24 heavy (non-hydrogen) atoms. The Balaban J connectivity index is 1.42. The SMILES string of the molecule is Cc1cc2c(NC3CCN(C(=O)c4ccoc4)CC3)ncnc2s1. The fourth-order valence-corrected chi connectivity index (χ4v) is 3.93. The Morgan fingerprint density at radius 1 is 1.38 bits per heavy atom. The first-order chi connectivity index (χ1) is 11.7. The number of carbonyl (C=O) groups is 1. The van der Waals surface area contributed by atoms with E-state index in [0.29, 0.717) is 11.6 Å². The van der Waals surface area contributed by atoms with Gasteiger partial charge < -0.3 is 14.6 Å². The highest BCUT2D eigenvalue weighted by atomic mass is 32.1.